The Labute approximate surface area is 67.2 Å². The number of rotatable bonds is 3. The number of hydrogen-bond donors (Lipinski definition) is 1. The molecule has 0 aromatic heterocycles. The number of nitrogens with one attached hydrogen (secondary N) is 1. The summed E-state index contributed by atoms with van der Waals surface area (Å²) < 4.78 is 0. The lowest BCUT2D eigenvalue weighted by Crippen LogP contribution is -2.18. The first-order valence-corrected chi connectivity index (χ1v) is 3.98. The Morgan fingerprint density at radius 3 is 1.70 bits per heavy atom. The van der Waals surface area contributed by atoms with Crippen LogP contribution in [0.2, 0.25) is 0 Å². The smallest absolute Gasteiger partial charge is 0.00259 e. The maximum absolute atomic E-state index is 3.25. The third-order valence-corrected chi connectivity index (χ3v) is 0.803. The van der Waals surface area contributed by atoms with Crippen molar-refractivity contribution in [2.45, 2.75) is 42.0 Å². The van der Waals surface area contributed by atoms with Crippen LogP contribution in [0.4, 0.5) is 0 Å². The van der Waals surface area contributed by atoms with Crippen molar-refractivity contribution in [1.29, 1.82) is 0 Å². The number of hydrogen-bond acceptors (Lipinski definition) is 1. The first kappa shape index (κ1) is 16.5. The van der Waals surface area contributed by atoms with Crippen molar-refractivity contribution in [3.8, 4) is 0 Å². The SMILES string of the molecule is C.CC.CCNCC(C)C. The van der Waals surface area contributed by atoms with Crippen molar-refractivity contribution in [2.24, 2.45) is 5.92 Å². The van der Waals surface area contributed by atoms with Crippen LogP contribution in [0.1, 0.15) is 42.0 Å². The summed E-state index contributed by atoms with van der Waals surface area (Å²) >= 11 is 0. The molecule has 0 aliphatic rings. The highest BCUT2D eigenvalue weighted by molar-refractivity contribution is 4.46. The molecule has 0 aromatic carbocycles. The largest absolute Gasteiger partial charge is 0.317 e. The maximum atomic E-state index is 3.25. The van der Waals surface area contributed by atoms with Crippen molar-refractivity contribution >= 4 is 0 Å². The third-order valence-electron chi connectivity index (χ3n) is 0.803. The van der Waals surface area contributed by atoms with Crippen LogP contribution in [-0.2, 0) is 0 Å². The molecule has 0 saturated carbocycles. The molecule has 0 atom stereocenters. The molecule has 0 saturated heterocycles. The van der Waals surface area contributed by atoms with Gasteiger partial charge in [-0.25, -0.2) is 0 Å². The van der Waals surface area contributed by atoms with E-state index in [2.05, 4.69) is 26.1 Å². The van der Waals surface area contributed by atoms with Crippen LogP contribution in [-0.4, -0.2) is 13.1 Å². The molecular formula is C9H25N. The lowest BCUT2D eigenvalue weighted by Gasteiger charge is -2.01. The summed E-state index contributed by atoms with van der Waals surface area (Å²) in [5, 5.41) is 3.25. The highest BCUT2D eigenvalue weighted by Crippen LogP contribution is 1.84. The van der Waals surface area contributed by atoms with Gasteiger partial charge in [0.05, 0.1) is 0 Å². The summed E-state index contributed by atoms with van der Waals surface area (Å²) in [6.45, 7) is 12.8. The van der Waals surface area contributed by atoms with E-state index in [1.807, 2.05) is 13.8 Å². The average molecular weight is 147 g/mol. The molecule has 0 heterocycles. The second kappa shape index (κ2) is 16.0. The van der Waals surface area contributed by atoms with E-state index in [1.165, 1.54) is 0 Å². The van der Waals surface area contributed by atoms with E-state index < -0.39 is 0 Å². The summed E-state index contributed by atoms with van der Waals surface area (Å²) in [7, 11) is 0. The molecule has 0 amide bonds. The van der Waals surface area contributed by atoms with Crippen LogP contribution in [0.5, 0.6) is 0 Å². The maximum Gasteiger partial charge on any atom is -0.00259 e. The third kappa shape index (κ3) is 24.6. The normalized spacial score (nSPS) is 7.80. The minimum Gasteiger partial charge on any atom is -0.317 e. The van der Waals surface area contributed by atoms with Gasteiger partial charge in [-0.3, -0.25) is 0 Å². The van der Waals surface area contributed by atoms with Crippen LogP contribution < -0.4 is 5.32 Å². The Morgan fingerprint density at radius 1 is 1.20 bits per heavy atom. The molecule has 0 aliphatic carbocycles. The minimum atomic E-state index is 0. The predicted molar refractivity (Wildman–Crippen MR) is 51.5 cm³/mol. The van der Waals surface area contributed by atoms with Crippen molar-refractivity contribution in [2.75, 3.05) is 13.1 Å². The molecule has 0 fully saturated rings. The van der Waals surface area contributed by atoms with Gasteiger partial charge in [-0.2, -0.15) is 0 Å². The zero-order chi connectivity index (χ0) is 7.70. The molecule has 10 heavy (non-hydrogen) atoms. The molecule has 1 nitrogen and oxygen atoms in total. The minimum absolute atomic E-state index is 0. The molecule has 0 bridgehead atoms. The van der Waals surface area contributed by atoms with Gasteiger partial charge in [0.25, 0.3) is 0 Å². The summed E-state index contributed by atoms with van der Waals surface area (Å²) in [6.07, 6.45) is 0. The van der Waals surface area contributed by atoms with Crippen LogP contribution in [0.15, 0.2) is 0 Å². The summed E-state index contributed by atoms with van der Waals surface area (Å²) in [5.41, 5.74) is 0. The van der Waals surface area contributed by atoms with E-state index in [1.54, 1.807) is 0 Å². The van der Waals surface area contributed by atoms with E-state index in [0.29, 0.717) is 0 Å². The molecule has 1 heteroatoms. The van der Waals surface area contributed by atoms with Crippen molar-refractivity contribution in [3.63, 3.8) is 0 Å². The highest BCUT2D eigenvalue weighted by atomic mass is 14.8. The first-order valence-electron chi connectivity index (χ1n) is 3.98. The van der Waals surface area contributed by atoms with Gasteiger partial charge in [-0.15, -0.1) is 0 Å². The van der Waals surface area contributed by atoms with E-state index in [9.17, 15) is 0 Å². The van der Waals surface area contributed by atoms with Crippen LogP contribution in [0, 0.1) is 5.92 Å². The van der Waals surface area contributed by atoms with Gasteiger partial charge in [0, 0.05) is 0 Å². The Kier molecular flexibility index (Phi) is 26.4. The Balaban J connectivity index is -0.000000149. The van der Waals surface area contributed by atoms with Gasteiger partial charge >= 0.3 is 0 Å². The Bertz CT molecular complexity index is 33.7. The fraction of sp³-hybridized carbons (Fsp3) is 1.00. The van der Waals surface area contributed by atoms with Crippen LogP contribution >= 0.6 is 0 Å². The Morgan fingerprint density at radius 2 is 1.60 bits per heavy atom. The van der Waals surface area contributed by atoms with Gasteiger partial charge in [-0.05, 0) is 19.0 Å². The molecule has 0 rings (SSSR count). The van der Waals surface area contributed by atoms with E-state index in [4.69, 9.17) is 0 Å². The van der Waals surface area contributed by atoms with Gasteiger partial charge in [0.2, 0.25) is 0 Å². The summed E-state index contributed by atoms with van der Waals surface area (Å²) in [5.74, 6) is 0.792. The fourth-order valence-electron chi connectivity index (χ4n) is 0.433. The average Bonchev–Trinajstić information content (AvgIpc) is 1.88. The van der Waals surface area contributed by atoms with Gasteiger partial charge in [-0.1, -0.05) is 42.0 Å². The zero-order valence-electron chi connectivity index (χ0n) is 7.49. The van der Waals surface area contributed by atoms with Gasteiger partial charge in [0.15, 0.2) is 0 Å². The highest BCUT2D eigenvalue weighted by Gasteiger charge is 1.86. The standard InChI is InChI=1S/C6H15N.C2H6.CH4/c1-4-7-5-6(2)3;1-2;/h6-7H,4-5H2,1-3H3;1-2H3;1H4. The van der Waals surface area contributed by atoms with Crippen LogP contribution in [0.3, 0.4) is 0 Å². The zero-order valence-corrected chi connectivity index (χ0v) is 7.49. The van der Waals surface area contributed by atoms with Crippen molar-refractivity contribution in [3.05, 3.63) is 0 Å². The van der Waals surface area contributed by atoms with E-state index in [-0.39, 0.29) is 7.43 Å². The topological polar surface area (TPSA) is 12.0 Å². The molecule has 0 aliphatic heterocycles. The van der Waals surface area contributed by atoms with E-state index in [0.717, 1.165) is 19.0 Å². The molecule has 0 unspecified atom stereocenters. The van der Waals surface area contributed by atoms with Crippen LogP contribution in [0.25, 0.3) is 0 Å². The molecular weight excluding hydrogens is 122 g/mol. The second-order valence-electron chi connectivity index (χ2n) is 2.20. The summed E-state index contributed by atoms with van der Waals surface area (Å²) in [4.78, 5) is 0. The second-order valence-corrected chi connectivity index (χ2v) is 2.20. The molecule has 0 spiro atoms. The summed E-state index contributed by atoms with van der Waals surface area (Å²) in [6, 6.07) is 0. The Hall–Kier alpha value is -0.0400. The van der Waals surface area contributed by atoms with E-state index >= 15 is 0 Å². The lowest BCUT2D eigenvalue weighted by atomic mass is 10.2. The quantitative estimate of drug-likeness (QED) is 0.647. The predicted octanol–water partition coefficient (Wildman–Crippen LogP) is 2.91. The molecule has 1 N–H and O–H groups in total. The monoisotopic (exact) mass is 147 g/mol. The molecule has 66 valence electrons. The van der Waals surface area contributed by atoms with Gasteiger partial charge in [0.1, 0.15) is 0 Å². The lowest BCUT2D eigenvalue weighted by molar-refractivity contribution is 0.566. The van der Waals surface area contributed by atoms with Crippen molar-refractivity contribution in [1.82, 2.24) is 5.32 Å². The molecule has 0 radical (unpaired) electrons. The molecule has 0 aromatic rings. The first-order chi connectivity index (χ1) is 4.27. The van der Waals surface area contributed by atoms with Crippen molar-refractivity contribution < 1.29 is 0 Å². The fourth-order valence-corrected chi connectivity index (χ4v) is 0.433. The van der Waals surface area contributed by atoms with Gasteiger partial charge < -0.3 is 5.32 Å².